The number of rotatable bonds is 3. The molecule has 0 saturated carbocycles. The van der Waals surface area contributed by atoms with Crippen molar-refractivity contribution in [3.63, 3.8) is 0 Å². The fourth-order valence-electron chi connectivity index (χ4n) is 4.21. The number of nitrogens with zero attached hydrogens (tertiary/aromatic N) is 1. The van der Waals surface area contributed by atoms with Crippen LogP contribution in [0.2, 0.25) is 0 Å². The zero-order valence-electron chi connectivity index (χ0n) is 14.7. The highest BCUT2D eigenvalue weighted by Gasteiger charge is 2.33. The number of hydrogen-bond donors (Lipinski definition) is 1. The van der Waals surface area contributed by atoms with E-state index in [0.717, 1.165) is 25.8 Å². The molecule has 2 unspecified atom stereocenters. The molecule has 1 N–H and O–H groups in total. The number of urea groups is 1. The lowest BCUT2D eigenvalue weighted by atomic mass is 9.98. The Balaban J connectivity index is 1.47. The van der Waals surface area contributed by atoms with E-state index in [0.29, 0.717) is 6.42 Å². The molecule has 2 aliphatic rings. The Morgan fingerprint density at radius 3 is 2.73 bits per heavy atom. The van der Waals surface area contributed by atoms with E-state index in [1.807, 2.05) is 17.0 Å². The van der Waals surface area contributed by atoms with Crippen LogP contribution < -0.4 is 5.32 Å². The van der Waals surface area contributed by atoms with Gasteiger partial charge in [-0.15, -0.1) is 0 Å². The predicted molar refractivity (Wildman–Crippen MR) is 103 cm³/mol. The Hall–Kier alpha value is -2.08. The van der Waals surface area contributed by atoms with Crippen molar-refractivity contribution in [2.24, 2.45) is 0 Å². The van der Waals surface area contributed by atoms with Crippen molar-refractivity contribution in [3.05, 3.63) is 48.0 Å². The van der Waals surface area contributed by atoms with Crippen molar-refractivity contribution >= 4 is 26.6 Å². The van der Waals surface area contributed by atoms with Gasteiger partial charge in [0, 0.05) is 18.6 Å². The van der Waals surface area contributed by atoms with E-state index in [-0.39, 0.29) is 29.6 Å². The largest absolute Gasteiger partial charge is 0.334 e. The molecule has 2 aromatic rings. The lowest BCUT2D eigenvalue weighted by Gasteiger charge is -2.27. The predicted octanol–water partition coefficient (Wildman–Crippen LogP) is 2.74. The minimum Gasteiger partial charge on any atom is -0.334 e. The van der Waals surface area contributed by atoms with Crippen molar-refractivity contribution in [2.75, 3.05) is 18.1 Å². The third-order valence-corrected chi connectivity index (χ3v) is 7.30. The first kappa shape index (κ1) is 17.3. The van der Waals surface area contributed by atoms with Gasteiger partial charge in [0.15, 0.2) is 9.84 Å². The molecule has 138 valence electrons. The molecule has 4 rings (SSSR count). The van der Waals surface area contributed by atoms with E-state index in [4.69, 9.17) is 0 Å². The summed E-state index contributed by atoms with van der Waals surface area (Å²) in [6, 6.07) is 14.5. The van der Waals surface area contributed by atoms with Crippen LogP contribution in [0.15, 0.2) is 42.5 Å². The Kier molecular flexibility index (Phi) is 4.61. The van der Waals surface area contributed by atoms with Crippen LogP contribution in [0, 0.1) is 0 Å². The third-order valence-electron chi connectivity index (χ3n) is 5.53. The van der Waals surface area contributed by atoms with Crippen molar-refractivity contribution in [1.29, 1.82) is 0 Å². The van der Waals surface area contributed by atoms with E-state index >= 15 is 0 Å². The Bertz CT molecular complexity index is 920. The quantitative estimate of drug-likeness (QED) is 0.901. The average Bonchev–Trinajstić information content (AvgIpc) is 3.21. The number of amides is 2. The van der Waals surface area contributed by atoms with Crippen molar-refractivity contribution in [3.8, 4) is 0 Å². The van der Waals surface area contributed by atoms with Crippen LogP contribution in [-0.2, 0) is 16.3 Å². The number of benzene rings is 2. The zero-order chi connectivity index (χ0) is 18.1. The van der Waals surface area contributed by atoms with Crippen molar-refractivity contribution in [1.82, 2.24) is 10.2 Å². The number of likely N-dealkylation sites (tertiary alicyclic amines) is 1. The molecule has 5 nitrogen and oxygen atoms in total. The van der Waals surface area contributed by atoms with Gasteiger partial charge in [-0.2, -0.15) is 0 Å². The summed E-state index contributed by atoms with van der Waals surface area (Å²) in [5.74, 6) is 0.248. The first-order valence-electron chi connectivity index (χ1n) is 9.26. The summed E-state index contributed by atoms with van der Waals surface area (Å²) in [5, 5.41) is 5.39. The van der Waals surface area contributed by atoms with Gasteiger partial charge in [-0.05, 0) is 42.0 Å². The monoisotopic (exact) mass is 372 g/mol. The molecule has 2 fully saturated rings. The molecule has 2 atom stereocenters. The molecule has 2 aromatic carbocycles. The average molecular weight is 372 g/mol. The van der Waals surface area contributed by atoms with Crippen LogP contribution in [0.1, 0.15) is 24.8 Å². The molecule has 26 heavy (non-hydrogen) atoms. The number of carbonyl (C=O) groups excluding carboxylic acids is 1. The summed E-state index contributed by atoms with van der Waals surface area (Å²) in [6.45, 7) is 0.737. The molecule has 0 radical (unpaired) electrons. The van der Waals surface area contributed by atoms with Gasteiger partial charge in [-0.25, -0.2) is 13.2 Å². The Morgan fingerprint density at radius 2 is 1.92 bits per heavy atom. The van der Waals surface area contributed by atoms with Gasteiger partial charge < -0.3 is 10.2 Å². The lowest BCUT2D eigenvalue weighted by Crippen LogP contribution is -2.47. The zero-order valence-corrected chi connectivity index (χ0v) is 15.5. The number of hydrogen-bond acceptors (Lipinski definition) is 3. The standard InChI is InChI=1S/C20H24N2O3S/c23-20(21-17-10-12-26(24,25)14-17)22-11-4-8-18(22)13-16-7-3-6-15-5-1-2-9-19(15)16/h1-3,5-7,9,17-18H,4,8,10-14H2,(H,21,23). The lowest BCUT2D eigenvalue weighted by molar-refractivity contribution is 0.189. The van der Waals surface area contributed by atoms with Crippen molar-refractivity contribution < 1.29 is 13.2 Å². The van der Waals surface area contributed by atoms with E-state index in [1.54, 1.807) is 0 Å². The summed E-state index contributed by atoms with van der Waals surface area (Å²) in [4.78, 5) is 14.6. The molecule has 2 aliphatic heterocycles. The fraction of sp³-hybridized carbons (Fsp3) is 0.450. The van der Waals surface area contributed by atoms with Gasteiger partial charge in [0.1, 0.15) is 0 Å². The van der Waals surface area contributed by atoms with E-state index in [2.05, 4.69) is 35.6 Å². The van der Waals surface area contributed by atoms with Gasteiger partial charge >= 0.3 is 6.03 Å². The number of sulfone groups is 1. The van der Waals surface area contributed by atoms with Gasteiger partial charge in [-0.1, -0.05) is 42.5 Å². The minimum atomic E-state index is -2.98. The smallest absolute Gasteiger partial charge is 0.317 e. The van der Waals surface area contributed by atoms with Crippen LogP contribution in [0.4, 0.5) is 4.79 Å². The molecule has 2 heterocycles. The number of nitrogens with one attached hydrogen (secondary N) is 1. The Labute approximate surface area is 154 Å². The van der Waals surface area contributed by atoms with Crippen LogP contribution in [0.5, 0.6) is 0 Å². The minimum absolute atomic E-state index is 0.0700. The van der Waals surface area contributed by atoms with E-state index in [1.165, 1.54) is 16.3 Å². The summed E-state index contributed by atoms with van der Waals surface area (Å²) >= 11 is 0. The molecule has 0 aromatic heterocycles. The number of carbonyl (C=O) groups is 1. The van der Waals surface area contributed by atoms with Crippen LogP contribution >= 0.6 is 0 Å². The van der Waals surface area contributed by atoms with Crippen LogP contribution in [0.3, 0.4) is 0 Å². The molecule has 2 amide bonds. The van der Waals surface area contributed by atoms with Crippen LogP contribution in [0.25, 0.3) is 10.8 Å². The first-order valence-corrected chi connectivity index (χ1v) is 11.1. The second kappa shape index (κ2) is 6.91. The molecular weight excluding hydrogens is 348 g/mol. The molecule has 6 heteroatoms. The van der Waals surface area contributed by atoms with Gasteiger partial charge in [-0.3, -0.25) is 0 Å². The fourth-order valence-corrected chi connectivity index (χ4v) is 5.88. The molecule has 2 saturated heterocycles. The summed E-state index contributed by atoms with van der Waals surface area (Å²) in [6.07, 6.45) is 3.33. The maximum absolute atomic E-state index is 12.7. The van der Waals surface area contributed by atoms with Crippen LogP contribution in [-0.4, -0.2) is 49.5 Å². The second-order valence-electron chi connectivity index (χ2n) is 7.38. The second-order valence-corrected chi connectivity index (χ2v) is 9.61. The van der Waals surface area contributed by atoms with Gasteiger partial charge in [0.25, 0.3) is 0 Å². The summed E-state index contributed by atoms with van der Waals surface area (Å²) < 4.78 is 23.2. The SMILES string of the molecule is O=C(NC1CCS(=O)(=O)C1)N1CCCC1Cc1cccc2ccccc12. The number of fused-ring (bicyclic) bond motifs is 1. The molecule has 0 bridgehead atoms. The highest BCUT2D eigenvalue weighted by atomic mass is 32.2. The molecule has 0 spiro atoms. The van der Waals surface area contributed by atoms with E-state index in [9.17, 15) is 13.2 Å². The van der Waals surface area contributed by atoms with Crippen molar-refractivity contribution in [2.45, 2.75) is 37.8 Å². The maximum atomic E-state index is 12.7. The summed E-state index contributed by atoms with van der Waals surface area (Å²) in [5.41, 5.74) is 1.26. The third kappa shape index (κ3) is 3.56. The normalized spacial score (nSPS) is 24.8. The highest BCUT2D eigenvalue weighted by molar-refractivity contribution is 7.91. The Morgan fingerprint density at radius 1 is 1.12 bits per heavy atom. The molecular formula is C20H24N2O3S. The highest BCUT2D eigenvalue weighted by Crippen LogP contribution is 2.26. The van der Waals surface area contributed by atoms with Gasteiger partial charge in [0.2, 0.25) is 0 Å². The maximum Gasteiger partial charge on any atom is 0.317 e. The topological polar surface area (TPSA) is 66.5 Å². The summed E-state index contributed by atoms with van der Waals surface area (Å²) in [7, 11) is -2.98. The van der Waals surface area contributed by atoms with Gasteiger partial charge in [0.05, 0.1) is 11.5 Å². The first-order chi connectivity index (χ1) is 12.5. The molecule has 0 aliphatic carbocycles. The van der Waals surface area contributed by atoms with E-state index < -0.39 is 9.84 Å².